The molecule has 0 radical (unpaired) electrons. The quantitative estimate of drug-likeness (QED) is 0.0905. The van der Waals surface area contributed by atoms with E-state index in [0.29, 0.717) is 0 Å². The first-order chi connectivity index (χ1) is 26.5. The molecule has 54 heavy (non-hydrogen) atoms. The summed E-state index contributed by atoms with van der Waals surface area (Å²) < 4.78 is 0. The standard InChI is InChI=1S/C22H22.C17H14.C14H15N/c1-2-3-4-8-18-13-15-19(16-14-18)17-21-11-7-10-20-9-5-6-12-22(20)21;1-2-7-14(8-3-1)13-16-11-6-10-15-9-4-5-12-17(15)16;1-10-3-5-12(6-4-10)14-8-7-13(15)9-11(14)2/h2,5-7,9-16H,1,3-4,8,17H2;1-12H,13H2;3-9H,15H2,1-2H3. The van der Waals surface area contributed by atoms with Gasteiger partial charge in [0.1, 0.15) is 0 Å². The monoisotopic (exact) mass is 701 g/mol. The molecular formula is C53H51N. The van der Waals surface area contributed by atoms with Gasteiger partial charge < -0.3 is 5.73 Å². The fourth-order valence-electron chi connectivity index (χ4n) is 6.95. The van der Waals surface area contributed by atoms with Gasteiger partial charge in [-0.1, -0.05) is 181 Å². The molecule has 8 aromatic rings. The van der Waals surface area contributed by atoms with Gasteiger partial charge in [0.15, 0.2) is 0 Å². The van der Waals surface area contributed by atoms with Crippen molar-refractivity contribution in [1.29, 1.82) is 0 Å². The summed E-state index contributed by atoms with van der Waals surface area (Å²) in [4.78, 5) is 0. The summed E-state index contributed by atoms with van der Waals surface area (Å²) in [5.41, 5.74) is 18.5. The molecule has 268 valence electrons. The fraction of sp³-hybridized carbons (Fsp3) is 0.132. The van der Waals surface area contributed by atoms with Gasteiger partial charge in [-0.3, -0.25) is 0 Å². The summed E-state index contributed by atoms with van der Waals surface area (Å²) in [5, 5.41) is 5.36. The molecule has 0 bridgehead atoms. The van der Waals surface area contributed by atoms with Crippen LogP contribution in [0, 0.1) is 13.8 Å². The highest BCUT2D eigenvalue weighted by Crippen LogP contribution is 2.26. The van der Waals surface area contributed by atoms with Crippen molar-refractivity contribution in [3.63, 3.8) is 0 Å². The number of fused-ring (bicyclic) bond motifs is 2. The zero-order chi connectivity index (χ0) is 37.5. The van der Waals surface area contributed by atoms with Crippen LogP contribution >= 0.6 is 0 Å². The van der Waals surface area contributed by atoms with E-state index < -0.39 is 0 Å². The van der Waals surface area contributed by atoms with Crippen molar-refractivity contribution in [2.45, 2.75) is 46.0 Å². The Kier molecular flexibility index (Phi) is 13.3. The smallest absolute Gasteiger partial charge is 0.0317 e. The number of anilines is 1. The van der Waals surface area contributed by atoms with Crippen LogP contribution in [0.4, 0.5) is 5.69 Å². The predicted octanol–water partition coefficient (Wildman–Crippen LogP) is 13.9. The number of hydrogen-bond donors (Lipinski definition) is 1. The van der Waals surface area contributed by atoms with Gasteiger partial charge in [0.25, 0.3) is 0 Å². The second-order valence-corrected chi connectivity index (χ2v) is 14.1. The van der Waals surface area contributed by atoms with E-state index in [1.807, 2.05) is 18.2 Å². The first kappa shape index (κ1) is 37.6. The Labute approximate surface area is 322 Å². The van der Waals surface area contributed by atoms with Crippen molar-refractivity contribution < 1.29 is 0 Å². The Balaban J connectivity index is 0.000000141. The average molecular weight is 702 g/mol. The lowest BCUT2D eigenvalue weighted by Crippen LogP contribution is -1.91. The number of rotatable bonds is 9. The molecule has 8 rings (SSSR count). The summed E-state index contributed by atoms with van der Waals surface area (Å²) in [6.07, 6.45) is 7.41. The third kappa shape index (κ3) is 10.5. The van der Waals surface area contributed by atoms with Crippen molar-refractivity contribution in [3.05, 3.63) is 234 Å². The van der Waals surface area contributed by atoms with Gasteiger partial charge in [-0.05, 0) is 124 Å². The summed E-state index contributed by atoms with van der Waals surface area (Å²) in [6, 6.07) is 64.6. The third-order valence-electron chi connectivity index (χ3n) is 9.90. The highest BCUT2D eigenvalue weighted by atomic mass is 14.5. The van der Waals surface area contributed by atoms with Crippen molar-refractivity contribution in [1.82, 2.24) is 0 Å². The maximum absolute atomic E-state index is 5.73. The van der Waals surface area contributed by atoms with Crippen molar-refractivity contribution in [3.8, 4) is 11.1 Å². The number of aryl methyl sites for hydroxylation is 3. The highest BCUT2D eigenvalue weighted by molar-refractivity contribution is 5.86. The van der Waals surface area contributed by atoms with E-state index in [2.05, 4.69) is 190 Å². The van der Waals surface area contributed by atoms with Crippen LogP contribution < -0.4 is 5.73 Å². The molecule has 0 heterocycles. The van der Waals surface area contributed by atoms with Gasteiger partial charge in [-0.15, -0.1) is 6.58 Å². The number of benzene rings is 8. The summed E-state index contributed by atoms with van der Waals surface area (Å²) in [5.74, 6) is 0. The summed E-state index contributed by atoms with van der Waals surface area (Å²) in [7, 11) is 0. The zero-order valence-electron chi connectivity index (χ0n) is 31.7. The van der Waals surface area contributed by atoms with Crippen molar-refractivity contribution in [2.75, 3.05) is 5.73 Å². The zero-order valence-corrected chi connectivity index (χ0v) is 31.7. The predicted molar refractivity (Wildman–Crippen MR) is 235 cm³/mol. The van der Waals surface area contributed by atoms with Crippen molar-refractivity contribution >= 4 is 27.2 Å². The van der Waals surface area contributed by atoms with Gasteiger partial charge in [0.2, 0.25) is 0 Å². The minimum Gasteiger partial charge on any atom is -0.399 e. The number of nitrogen functional groups attached to an aromatic ring is 1. The van der Waals surface area contributed by atoms with Crippen LogP contribution in [0.25, 0.3) is 32.7 Å². The van der Waals surface area contributed by atoms with Crippen LogP contribution in [0.2, 0.25) is 0 Å². The molecule has 2 N–H and O–H groups in total. The average Bonchev–Trinajstić information content (AvgIpc) is 3.20. The van der Waals surface area contributed by atoms with Gasteiger partial charge in [-0.2, -0.15) is 0 Å². The molecule has 0 aromatic heterocycles. The molecule has 0 aliphatic carbocycles. The van der Waals surface area contributed by atoms with E-state index in [1.165, 1.54) is 78.0 Å². The SMILES string of the molecule is C=CCCCc1ccc(Cc2cccc3ccccc23)cc1.Cc1ccc(-c2ccc(N)cc2C)cc1.c1ccc(Cc2cccc3ccccc23)cc1. The van der Waals surface area contributed by atoms with Gasteiger partial charge >= 0.3 is 0 Å². The molecule has 0 aliphatic rings. The lowest BCUT2D eigenvalue weighted by atomic mass is 9.97. The molecule has 0 unspecified atom stereocenters. The van der Waals surface area contributed by atoms with Crippen LogP contribution in [0.5, 0.6) is 0 Å². The number of nitrogens with two attached hydrogens (primary N) is 1. The molecule has 0 atom stereocenters. The van der Waals surface area contributed by atoms with Gasteiger partial charge in [0, 0.05) is 5.69 Å². The molecular weight excluding hydrogens is 651 g/mol. The number of allylic oxidation sites excluding steroid dienone is 1. The first-order valence-corrected chi connectivity index (χ1v) is 19.1. The molecule has 0 spiro atoms. The Morgan fingerprint density at radius 1 is 0.500 bits per heavy atom. The maximum Gasteiger partial charge on any atom is 0.0317 e. The van der Waals surface area contributed by atoms with E-state index in [4.69, 9.17) is 5.73 Å². The molecule has 8 aromatic carbocycles. The number of hydrogen-bond acceptors (Lipinski definition) is 1. The molecule has 0 saturated carbocycles. The Morgan fingerprint density at radius 3 is 1.59 bits per heavy atom. The Hall–Kier alpha value is -6.18. The molecule has 0 saturated heterocycles. The first-order valence-electron chi connectivity index (χ1n) is 19.1. The minimum absolute atomic E-state index is 0.823. The highest BCUT2D eigenvalue weighted by Gasteiger charge is 2.04. The lowest BCUT2D eigenvalue weighted by molar-refractivity contribution is 0.843. The molecule has 0 aliphatic heterocycles. The van der Waals surface area contributed by atoms with Crippen LogP contribution in [-0.2, 0) is 19.3 Å². The fourth-order valence-corrected chi connectivity index (χ4v) is 6.95. The summed E-state index contributed by atoms with van der Waals surface area (Å²) in [6.45, 7) is 7.96. The van der Waals surface area contributed by atoms with E-state index >= 15 is 0 Å². The number of unbranched alkanes of at least 4 members (excludes halogenated alkanes) is 1. The second kappa shape index (κ2) is 19.1. The third-order valence-corrected chi connectivity index (χ3v) is 9.90. The minimum atomic E-state index is 0.823. The maximum atomic E-state index is 5.73. The normalized spacial score (nSPS) is 10.6. The van der Waals surface area contributed by atoms with E-state index in [9.17, 15) is 0 Å². The van der Waals surface area contributed by atoms with Crippen LogP contribution in [-0.4, -0.2) is 0 Å². The molecule has 0 fully saturated rings. The Bertz CT molecular complexity index is 2370. The van der Waals surface area contributed by atoms with Crippen LogP contribution in [0.15, 0.2) is 195 Å². The second-order valence-electron chi connectivity index (χ2n) is 14.1. The van der Waals surface area contributed by atoms with E-state index in [-0.39, 0.29) is 0 Å². The van der Waals surface area contributed by atoms with E-state index in [0.717, 1.165) is 31.4 Å². The van der Waals surface area contributed by atoms with Crippen molar-refractivity contribution in [2.24, 2.45) is 0 Å². The van der Waals surface area contributed by atoms with Crippen LogP contribution in [0.3, 0.4) is 0 Å². The van der Waals surface area contributed by atoms with Crippen LogP contribution in [0.1, 0.15) is 51.8 Å². The molecule has 0 amide bonds. The topological polar surface area (TPSA) is 26.0 Å². The lowest BCUT2D eigenvalue weighted by Gasteiger charge is -2.08. The molecule has 1 nitrogen and oxygen atoms in total. The van der Waals surface area contributed by atoms with Gasteiger partial charge in [-0.25, -0.2) is 0 Å². The largest absolute Gasteiger partial charge is 0.399 e. The van der Waals surface area contributed by atoms with E-state index in [1.54, 1.807) is 0 Å². The Morgan fingerprint density at radius 2 is 1.02 bits per heavy atom. The van der Waals surface area contributed by atoms with Gasteiger partial charge in [0.05, 0.1) is 0 Å². The summed E-state index contributed by atoms with van der Waals surface area (Å²) >= 11 is 0. The molecule has 1 heteroatoms.